The molecule has 2 N–H and O–H groups in total. The van der Waals surface area contributed by atoms with Gasteiger partial charge in [0.25, 0.3) is 0 Å². The van der Waals surface area contributed by atoms with Gasteiger partial charge in [0, 0.05) is 38.6 Å². The average Bonchev–Trinajstić information content (AvgIpc) is 3.08. The van der Waals surface area contributed by atoms with E-state index in [1.165, 1.54) is 38.4 Å². The molecule has 1 amide bonds. The molecule has 2 aromatic carbocycles. The highest BCUT2D eigenvalue weighted by Gasteiger charge is 2.25. The molecule has 3 rings (SSSR count). The lowest BCUT2D eigenvalue weighted by Gasteiger charge is -2.20. The Morgan fingerprint density at radius 2 is 1.52 bits per heavy atom. The van der Waals surface area contributed by atoms with E-state index < -0.39 is 20.0 Å². The minimum Gasteiger partial charge on any atom is -0.376 e. The normalized spacial score (nSPS) is 15.7. The van der Waals surface area contributed by atoms with Crippen LogP contribution in [0.25, 0.3) is 0 Å². The van der Waals surface area contributed by atoms with E-state index in [1.807, 2.05) is 0 Å². The first kappa shape index (κ1) is 25.2. The summed E-state index contributed by atoms with van der Waals surface area (Å²) in [5, 5.41) is 5.61. The lowest BCUT2D eigenvalue weighted by Crippen LogP contribution is -2.31. The Morgan fingerprint density at radius 3 is 2.12 bits per heavy atom. The average molecular weight is 495 g/mol. The summed E-state index contributed by atoms with van der Waals surface area (Å²) in [6.45, 7) is 1.02. The molecule has 1 heterocycles. The van der Waals surface area contributed by atoms with E-state index in [0.29, 0.717) is 24.5 Å². The molecule has 0 unspecified atom stereocenters. The lowest BCUT2D eigenvalue weighted by atomic mass is 10.2. The maximum absolute atomic E-state index is 12.9. The van der Waals surface area contributed by atoms with Crippen LogP contribution in [0, 0.1) is 0 Å². The van der Waals surface area contributed by atoms with Gasteiger partial charge in [-0.25, -0.2) is 21.1 Å². The highest BCUT2D eigenvalue weighted by molar-refractivity contribution is 7.89. The summed E-state index contributed by atoms with van der Waals surface area (Å²) in [6, 6.07) is 12.4. The molecule has 0 aliphatic carbocycles. The summed E-state index contributed by atoms with van der Waals surface area (Å²) in [4.78, 5) is 12.6. The minimum atomic E-state index is -3.60. The molecule has 0 aromatic heterocycles. The van der Waals surface area contributed by atoms with E-state index in [2.05, 4.69) is 10.6 Å². The summed E-state index contributed by atoms with van der Waals surface area (Å²) >= 11 is 0. The molecule has 1 saturated heterocycles. The van der Waals surface area contributed by atoms with Crippen LogP contribution in [0.4, 0.5) is 11.4 Å². The number of carbonyl (C=O) groups excluding carboxylic acids is 1. The molecule has 1 fully saturated rings. The number of hydrogen-bond donors (Lipinski definition) is 2. The van der Waals surface area contributed by atoms with Crippen LogP contribution in [-0.2, 0) is 24.8 Å². The van der Waals surface area contributed by atoms with Crippen molar-refractivity contribution in [2.24, 2.45) is 0 Å². The van der Waals surface area contributed by atoms with Crippen molar-refractivity contribution >= 4 is 37.3 Å². The van der Waals surface area contributed by atoms with Crippen LogP contribution in [0.5, 0.6) is 0 Å². The Morgan fingerprint density at radius 1 is 0.879 bits per heavy atom. The van der Waals surface area contributed by atoms with Crippen molar-refractivity contribution in [3.8, 4) is 0 Å². The van der Waals surface area contributed by atoms with Gasteiger partial charge in [-0.15, -0.1) is 0 Å². The summed E-state index contributed by atoms with van der Waals surface area (Å²) < 4.78 is 52.9. The summed E-state index contributed by atoms with van der Waals surface area (Å²) in [7, 11) is -4.25. The largest absolute Gasteiger partial charge is 0.376 e. The van der Waals surface area contributed by atoms with Gasteiger partial charge in [-0.05, 0) is 55.3 Å². The zero-order valence-corrected chi connectivity index (χ0v) is 20.5. The summed E-state index contributed by atoms with van der Waals surface area (Å²) in [6.07, 6.45) is 3.84. The molecule has 0 radical (unpaired) electrons. The second kappa shape index (κ2) is 10.6. The van der Waals surface area contributed by atoms with Crippen LogP contribution in [0.2, 0.25) is 0 Å². The fraction of sp³-hybridized carbons (Fsp3) is 0.409. The van der Waals surface area contributed by atoms with Crippen LogP contribution in [-0.4, -0.2) is 65.1 Å². The molecule has 0 saturated carbocycles. The van der Waals surface area contributed by atoms with Gasteiger partial charge in [0.2, 0.25) is 26.0 Å². The quantitative estimate of drug-likeness (QED) is 0.583. The van der Waals surface area contributed by atoms with Crippen LogP contribution in [0.1, 0.15) is 25.7 Å². The van der Waals surface area contributed by atoms with Gasteiger partial charge in [-0.3, -0.25) is 4.79 Å². The van der Waals surface area contributed by atoms with Gasteiger partial charge < -0.3 is 10.6 Å². The Bertz CT molecular complexity index is 1170. The van der Waals surface area contributed by atoms with Crippen molar-refractivity contribution in [2.45, 2.75) is 35.5 Å². The van der Waals surface area contributed by atoms with E-state index in [4.69, 9.17) is 0 Å². The Balaban J connectivity index is 1.59. The smallest absolute Gasteiger partial charge is 0.243 e. The standard InChI is InChI=1S/C22H30N4O5S2/c1-25(2)32(28,29)21-9-7-8-19(16-21)24-22(27)17-23-18-10-12-20(13-11-18)33(30,31)26-14-5-3-4-6-15-26/h7-13,16,23H,3-6,14-15,17H2,1-2H3,(H,24,27). The van der Waals surface area contributed by atoms with Crippen molar-refractivity contribution in [3.05, 3.63) is 48.5 Å². The predicted molar refractivity (Wildman–Crippen MR) is 128 cm³/mol. The number of hydrogen-bond acceptors (Lipinski definition) is 6. The molecule has 2 aromatic rings. The Hall–Kier alpha value is -2.47. The third kappa shape index (κ3) is 6.32. The van der Waals surface area contributed by atoms with Gasteiger partial charge in [-0.1, -0.05) is 18.9 Å². The molecule has 0 spiro atoms. The van der Waals surface area contributed by atoms with Gasteiger partial charge in [0.15, 0.2) is 0 Å². The SMILES string of the molecule is CN(C)S(=O)(=O)c1cccc(NC(=O)CNc2ccc(S(=O)(=O)N3CCCCCC3)cc2)c1. The van der Waals surface area contributed by atoms with E-state index in [-0.39, 0.29) is 22.2 Å². The Kier molecular flexibility index (Phi) is 8.11. The van der Waals surface area contributed by atoms with E-state index >= 15 is 0 Å². The maximum Gasteiger partial charge on any atom is 0.243 e. The predicted octanol–water partition coefficient (Wildman–Crippen LogP) is 2.55. The number of nitrogens with one attached hydrogen (secondary N) is 2. The number of benzene rings is 2. The first-order valence-electron chi connectivity index (χ1n) is 10.8. The van der Waals surface area contributed by atoms with Gasteiger partial charge >= 0.3 is 0 Å². The number of rotatable bonds is 8. The second-order valence-corrected chi connectivity index (χ2v) is 12.1. The highest BCUT2D eigenvalue weighted by atomic mass is 32.2. The van der Waals surface area contributed by atoms with Gasteiger partial charge in [-0.2, -0.15) is 4.31 Å². The van der Waals surface area contributed by atoms with Crippen LogP contribution in [0.15, 0.2) is 58.3 Å². The van der Waals surface area contributed by atoms with Crippen molar-refractivity contribution < 1.29 is 21.6 Å². The van der Waals surface area contributed by atoms with Crippen LogP contribution in [0.3, 0.4) is 0 Å². The van der Waals surface area contributed by atoms with Crippen molar-refractivity contribution in [3.63, 3.8) is 0 Å². The van der Waals surface area contributed by atoms with Crippen molar-refractivity contribution in [1.29, 1.82) is 0 Å². The molecule has 0 atom stereocenters. The van der Waals surface area contributed by atoms with Crippen molar-refractivity contribution in [1.82, 2.24) is 8.61 Å². The highest BCUT2D eigenvalue weighted by Crippen LogP contribution is 2.22. The van der Waals surface area contributed by atoms with Gasteiger partial charge in [0.05, 0.1) is 16.3 Å². The van der Waals surface area contributed by atoms with E-state index in [0.717, 1.165) is 30.0 Å². The molecule has 9 nitrogen and oxygen atoms in total. The first-order valence-corrected chi connectivity index (χ1v) is 13.7. The molecule has 180 valence electrons. The molecule has 11 heteroatoms. The molecule has 1 aliphatic heterocycles. The molecular formula is C22H30N4O5S2. The summed E-state index contributed by atoms with van der Waals surface area (Å²) in [5.74, 6) is -0.365. The number of carbonyl (C=O) groups is 1. The molecular weight excluding hydrogens is 464 g/mol. The fourth-order valence-electron chi connectivity index (χ4n) is 3.51. The monoisotopic (exact) mass is 494 g/mol. The number of sulfonamides is 2. The third-order valence-electron chi connectivity index (χ3n) is 5.41. The third-order valence-corrected chi connectivity index (χ3v) is 9.13. The van der Waals surface area contributed by atoms with E-state index in [9.17, 15) is 21.6 Å². The van der Waals surface area contributed by atoms with Crippen LogP contribution < -0.4 is 10.6 Å². The minimum absolute atomic E-state index is 0.0666. The Labute approximate surface area is 195 Å². The van der Waals surface area contributed by atoms with E-state index in [1.54, 1.807) is 28.6 Å². The lowest BCUT2D eigenvalue weighted by molar-refractivity contribution is -0.114. The first-order chi connectivity index (χ1) is 15.6. The second-order valence-electron chi connectivity index (χ2n) is 8.06. The topological polar surface area (TPSA) is 116 Å². The zero-order valence-electron chi connectivity index (χ0n) is 18.8. The number of nitrogens with zero attached hydrogens (tertiary/aromatic N) is 2. The fourth-order valence-corrected chi connectivity index (χ4v) is 5.97. The summed E-state index contributed by atoms with van der Waals surface area (Å²) in [5.41, 5.74) is 0.965. The van der Waals surface area contributed by atoms with Crippen molar-refractivity contribution in [2.75, 3.05) is 44.4 Å². The molecule has 33 heavy (non-hydrogen) atoms. The van der Waals surface area contributed by atoms with Gasteiger partial charge in [0.1, 0.15) is 0 Å². The maximum atomic E-state index is 12.9. The number of anilines is 2. The molecule has 0 bridgehead atoms. The molecule has 1 aliphatic rings. The van der Waals surface area contributed by atoms with Crippen LogP contribution >= 0.6 is 0 Å². The number of amides is 1. The zero-order chi connectivity index (χ0) is 24.1.